The van der Waals surface area contributed by atoms with Crippen molar-refractivity contribution in [2.24, 2.45) is 22.2 Å². The van der Waals surface area contributed by atoms with Crippen LogP contribution in [0.2, 0.25) is 0 Å². The van der Waals surface area contributed by atoms with Crippen LogP contribution in [0.25, 0.3) is 0 Å². The molecule has 3 nitrogen and oxygen atoms in total. The fourth-order valence-corrected chi connectivity index (χ4v) is 8.47. The molecule has 6 atom stereocenters. The van der Waals surface area contributed by atoms with Gasteiger partial charge in [0.15, 0.2) is 0 Å². The van der Waals surface area contributed by atoms with Gasteiger partial charge < -0.3 is 4.74 Å². The van der Waals surface area contributed by atoms with Crippen molar-refractivity contribution in [2.45, 2.75) is 88.9 Å². The van der Waals surface area contributed by atoms with E-state index in [-0.39, 0.29) is 29.2 Å². The molecule has 0 aromatic heterocycles. The van der Waals surface area contributed by atoms with Gasteiger partial charge in [0.2, 0.25) is 0 Å². The average Bonchev–Trinajstić information content (AvgIpc) is 3.28. The van der Waals surface area contributed by atoms with Crippen LogP contribution in [0, 0.1) is 17.3 Å². The second kappa shape index (κ2) is 8.51. The number of hydrogen-bond donors (Lipinski definition) is 0. The lowest BCUT2D eigenvalue weighted by molar-refractivity contribution is -0.142. The molecule has 2 aliphatic heterocycles. The summed E-state index contributed by atoms with van der Waals surface area (Å²) in [6, 6.07) is 0.162. The van der Waals surface area contributed by atoms with Gasteiger partial charge in [0, 0.05) is 19.3 Å². The summed E-state index contributed by atoms with van der Waals surface area (Å²) in [6.07, 6.45) is 14.9. The molecule has 34 heavy (non-hydrogen) atoms. The highest BCUT2D eigenvalue weighted by Gasteiger charge is 2.66. The van der Waals surface area contributed by atoms with Gasteiger partial charge in [-0.05, 0) is 99.3 Å². The lowest BCUT2D eigenvalue weighted by Crippen LogP contribution is -2.55. The SMILES string of the molecule is C=C(C=NC)/C=C(\C)C1CC[C@@H]2C1(C)CC=C1C=C3CCC(N(C)CC(F)F)C[C@]34CC[C@@]12O4. The topological polar surface area (TPSA) is 24.8 Å². The largest absolute Gasteiger partial charge is 0.359 e. The molecule has 2 saturated carbocycles. The maximum atomic E-state index is 13.1. The van der Waals surface area contributed by atoms with Crippen molar-refractivity contribution in [2.75, 3.05) is 20.6 Å². The maximum Gasteiger partial charge on any atom is 0.251 e. The van der Waals surface area contributed by atoms with Gasteiger partial charge in [-0.15, -0.1) is 0 Å². The first-order valence-electron chi connectivity index (χ1n) is 13.0. The van der Waals surface area contributed by atoms with Crippen molar-refractivity contribution < 1.29 is 13.5 Å². The van der Waals surface area contributed by atoms with Crippen LogP contribution >= 0.6 is 0 Å². The van der Waals surface area contributed by atoms with Crippen molar-refractivity contribution in [1.29, 1.82) is 0 Å². The van der Waals surface area contributed by atoms with E-state index in [9.17, 15) is 8.78 Å². The highest BCUT2D eigenvalue weighted by atomic mass is 19.3. The zero-order chi connectivity index (χ0) is 24.3. The van der Waals surface area contributed by atoms with E-state index in [1.807, 2.05) is 18.2 Å². The van der Waals surface area contributed by atoms with Crippen molar-refractivity contribution in [3.63, 3.8) is 0 Å². The summed E-state index contributed by atoms with van der Waals surface area (Å²) in [5, 5.41) is 0. The molecule has 5 rings (SSSR count). The number of allylic oxidation sites excluding steroid dienone is 4. The Morgan fingerprint density at radius 1 is 1.32 bits per heavy atom. The second-order valence-corrected chi connectivity index (χ2v) is 11.8. The van der Waals surface area contributed by atoms with Gasteiger partial charge in [-0.2, -0.15) is 0 Å². The zero-order valence-corrected chi connectivity index (χ0v) is 21.2. The number of rotatable bonds is 6. The molecule has 0 aromatic rings. The Labute approximate surface area is 203 Å². The Bertz CT molecular complexity index is 981. The Balaban J connectivity index is 1.44. The number of nitrogens with zero attached hydrogens (tertiary/aromatic N) is 2. The molecule has 186 valence electrons. The van der Waals surface area contributed by atoms with Gasteiger partial charge in [0.25, 0.3) is 6.43 Å². The second-order valence-electron chi connectivity index (χ2n) is 11.8. The van der Waals surface area contributed by atoms with E-state index in [0.29, 0.717) is 11.8 Å². The summed E-state index contributed by atoms with van der Waals surface area (Å²) >= 11 is 0. The zero-order valence-electron chi connectivity index (χ0n) is 21.2. The van der Waals surface area contributed by atoms with Gasteiger partial charge in [0.05, 0.1) is 17.7 Å². The van der Waals surface area contributed by atoms with Gasteiger partial charge in [0.1, 0.15) is 0 Å². The molecular formula is C29H40F2N2O. The van der Waals surface area contributed by atoms with Crippen LogP contribution in [0.3, 0.4) is 0 Å². The minimum Gasteiger partial charge on any atom is -0.359 e. The third-order valence-electron chi connectivity index (χ3n) is 9.96. The van der Waals surface area contributed by atoms with Crippen molar-refractivity contribution in [3.8, 4) is 0 Å². The molecule has 3 aliphatic carbocycles. The molecule has 0 N–H and O–H groups in total. The first-order chi connectivity index (χ1) is 16.1. The summed E-state index contributed by atoms with van der Waals surface area (Å²) < 4.78 is 33.5. The summed E-state index contributed by atoms with van der Waals surface area (Å²) in [5.41, 5.74) is 4.86. The average molecular weight is 471 g/mol. The number of aliphatic imine (C=N–C) groups is 1. The third-order valence-corrected chi connectivity index (χ3v) is 9.96. The molecule has 5 heteroatoms. The van der Waals surface area contributed by atoms with E-state index in [1.165, 1.54) is 29.6 Å². The van der Waals surface area contributed by atoms with Crippen LogP contribution in [0.5, 0.6) is 0 Å². The smallest absolute Gasteiger partial charge is 0.251 e. The molecule has 0 amide bonds. The number of alkyl halides is 2. The van der Waals surface area contributed by atoms with Gasteiger partial charge in [-0.25, -0.2) is 8.78 Å². The van der Waals surface area contributed by atoms with E-state index < -0.39 is 6.43 Å². The van der Waals surface area contributed by atoms with Crippen LogP contribution in [0.4, 0.5) is 8.78 Å². The highest BCUT2D eigenvalue weighted by Crippen LogP contribution is 2.68. The monoisotopic (exact) mass is 470 g/mol. The fraction of sp³-hybridized carbons (Fsp3) is 0.690. The molecule has 3 fully saturated rings. The lowest BCUT2D eigenvalue weighted by Gasteiger charge is -2.55. The first-order valence-corrected chi connectivity index (χ1v) is 13.0. The number of halogens is 2. The highest BCUT2D eigenvalue weighted by molar-refractivity contribution is 5.81. The quantitative estimate of drug-likeness (QED) is 0.326. The van der Waals surface area contributed by atoms with E-state index in [1.54, 1.807) is 7.05 Å². The predicted molar refractivity (Wildman–Crippen MR) is 134 cm³/mol. The summed E-state index contributed by atoms with van der Waals surface area (Å²) in [5.74, 6) is 0.992. The molecule has 3 unspecified atom stereocenters. The summed E-state index contributed by atoms with van der Waals surface area (Å²) in [4.78, 5) is 5.99. The van der Waals surface area contributed by atoms with Crippen LogP contribution in [-0.2, 0) is 4.74 Å². The summed E-state index contributed by atoms with van der Waals surface area (Å²) in [7, 11) is 3.64. The van der Waals surface area contributed by atoms with E-state index in [2.05, 4.69) is 43.6 Å². The Hall–Kier alpha value is -1.59. The minimum absolute atomic E-state index is 0.155. The Morgan fingerprint density at radius 3 is 2.85 bits per heavy atom. The van der Waals surface area contributed by atoms with Gasteiger partial charge in [-0.3, -0.25) is 9.89 Å². The maximum absolute atomic E-state index is 13.1. The predicted octanol–water partition coefficient (Wildman–Crippen LogP) is 6.53. The van der Waals surface area contributed by atoms with Crippen LogP contribution in [-0.4, -0.2) is 55.4 Å². The molecule has 2 bridgehead atoms. The van der Waals surface area contributed by atoms with E-state index in [4.69, 9.17) is 4.74 Å². The number of hydrogen-bond acceptors (Lipinski definition) is 3. The Morgan fingerprint density at radius 2 is 2.12 bits per heavy atom. The molecule has 0 radical (unpaired) electrons. The third kappa shape index (κ3) is 3.61. The molecule has 1 saturated heterocycles. The molecular weight excluding hydrogens is 430 g/mol. The number of fused-ring (bicyclic) bond motifs is 1. The van der Waals surface area contributed by atoms with Gasteiger partial charge in [-0.1, -0.05) is 37.3 Å². The van der Waals surface area contributed by atoms with Crippen LogP contribution < -0.4 is 0 Å². The summed E-state index contributed by atoms with van der Waals surface area (Å²) in [6.45, 7) is 8.72. The lowest BCUT2D eigenvalue weighted by atomic mass is 9.58. The standard InChI is InChI=1S/C29H40F2N2O/c1-19(17-32-4)14-20(2)24-8-9-25-27(24,3)11-10-22-15-21-6-7-23(33(5)18-26(30)31)16-28(21)12-13-29(22,25)34-28/h10,14-15,17,23-26H,1,6-9,11-13,16,18H2,2-5H3/b20-14+,32-17?/t23?,24?,25-,27?,28-,29-/m1/s1. The van der Waals surface area contributed by atoms with Crippen molar-refractivity contribution >= 4 is 6.21 Å². The molecule has 2 spiro atoms. The fourth-order valence-electron chi connectivity index (χ4n) is 8.47. The Kier molecular flexibility index (Phi) is 6.04. The number of ether oxygens (including phenoxy) is 1. The van der Waals surface area contributed by atoms with Crippen LogP contribution in [0.1, 0.15) is 65.2 Å². The van der Waals surface area contributed by atoms with Crippen LogP contribution in [0.15, 0.2) is 52.1 Å². The van der Waals surface area contributed by atoms with Gasteiger partial charge >= 0.3 is 0 Å². The normalized spacial score (nSPS) is 41.4. The van der Waals surface area contributed by atoms with E-state index >= 15 is 0 Å². The molecule has 2 heterocycles. The van der Waals surface area contributed by atoms with E-state index in [0.717, 1.165) is 44.1 Å². The molecule has 0 aromatic carbocycles. The van der Waals surface area contributed by atoms with Crippen molar-refractivity contribution in [3.05, 3.63) is 47.1 Å². The first kappa shape index (κ1) is 24.1. The minimum atomic E-state index is -2.29. The molecule has 5 aliphatic rings. The van der Waals surface area contributed by atoms with Crippen molar-refractivity contribution in [1.82, 2.24) is 4.90 Å².